The molecule has 7 heteroatoms. The fourth-order valence-electron chi connectivity index (χ4n) is 3.98. The number of pyridine rings is 1. The van der Waals surface area contributed by atoms with Crippen LogP contribution in [0.2, 0.25) is 0 Å². The Hall–Kier alpha value is -3.09. The minimum absolute atomic E-state index is 0.0833. The molecule has 2 aliphatic carbocycles. The summed E-state index contributed by atoms with van der Waals surface area (Å²) in [5.74, 6) is 0.640. The van der Waals surface area contributed by atoms with Gasteiger partial charge in [-0.3, -0.25) is 9.78 Å². The number of nitrogens with zero attached hydrogens (tertiary/aromatic N) is 3. The minimum Gasteiger partial charge on any atom is -0.489 e. The molecule has 150 valence electrons. The summed E-state index contributed by atoms with van der Waals surface area (Å²) < 4.78 is 20.0. The third kappa shape index (κ3) is 4.04. The molecule has 0 aliphatic heterocycles. The highest BCUT2D eigenvalue weighted by Crippen LogP contribution is 2.60. The lowest BCUT2D eigenvalue weighted by molar-refractivity contribution is -0.118. The van der Waals surface area contributed by atoms with Gasteiger partial charge in [0, 0.05) is 35.8 Å². The smallest absolute Gasteiger partial charge is 0.228 e. The molecule has 2 aromatic rings. The second-order valence-electron chi connectivity index (χ2n) is 7.68. The number of nitrogens with one attached hydrogen (secondary N) is 1. The molecule has 0 aromatic carbocycles. The number of anilines is 1. The topological polar surface area (TPSA) is 77.0 Å². The quantitative estimate of drug-likeness (QED) is 0.803. The summed E-state index contributed by atoms with van der Waals surface area (Å²) >= 11 is 0. The molecule has 1 saturated carbocycles. The lowest BCUT2D eigenvalue weighted by atomic mass is 9.82. The summed E-state index contributed by atoms with van der Waals surface area (Å²) in [6.45, 7) is 3.98. The second kappa shape index (κ2) is 7.73. The lowest BCUT2D eigenvalue weighted by Gasteiger charge is -2.27. The van der Waals surface area contributed by atoms with E-state index in [-0.39, 0.29) is 30.0 Å². The van der Waals surface area contributed by atoms with Crippen molar-refractivity contribution in [2.45, 2.75) is 26.7 Å². The third-order valence-corrected chi connectivity index (χ3v) is 5.71. The zero-order valence-electron chi connectivity index (χ0n) is 16.4. The zero-order chi connectivity index (χ0) is 20.4. The number of amides is 1. The molecule has 1 unspecified atom stereocenters. The Morgan fingerprint density at radius 2 is 2.14 bits per heavy atom. The number of aromatic nitrogens is 3. The van der Waals surface area contributed by atoms with E-state index in [9.17, 15) is 9.18 Å². The van der Waals surface area contributed by atoms with Crippen molar-refractivity contribution >= 4 is 11.6 Å². The van der Waals surface area contributed by atoms with Gasteiger partial charge in [0.1, 0.15) is 11.7 Å². The Balaban J connectivity index is 1.52. The highest BCUT2D eigenvalue weighted by Gasteiger charge is 2.62. The molecule has 1 N–H and O–H groups in total. The first-order chi connectivity index (χ1) is 14.0. The number of aryl methyl sites for hydroxylation is 2. The maximum atomic E-state index is 14.0. The normalized spacial score (nSPS) is 25.3. The number of ether oxygens (including phenoxy) is 1. The molecule has 0 bridgehead atoms. The van der Waals surface area contributed by atoms with Gasteiger partial charge in [-0.1, -0.05) is 12.2 Å². The van der Waals surface area contributed by atoms with Gasteiger partial charge in [0.25, 0.3) is 0 Å². The van der Waals surface area contributed by atoms with Gasteiger partial charge in [-0.2, -0.15) is 0 Å². The van der Waals surface area contributed by atoms with E-state index in [2.05, 4.69) is 20.3 Å². The molecule has 2 aliphatic rings. The molecular formula is C22H23FN4O2. The average Bonchev–Trinajstić information content (AvgIpc) is 3.44. The summed E-state index contributed by atoms with van der Waals surface area (Å²) in [4.78, 5) is 25.4. The van der Waals surface area contributed by atoms with Gasteiger partial charge in [0.15, 0.2) is 5.75 Å². The molecule has 3 atom stereocenters. The Morgan fingerprint density at radius 1 is 1.34 bits per heavy atom. The maximum Gasteiger partial charge on any atom is 0.228 e. The number of rotatable bonds is 6. The van der Waals surface area contributed by atoms with Crippen LogP contribution in [-0.2, 0) is 4.79 Å². The Morgan fingerprint density at radius 3 is 2.86 bits per heavy atom. The Kier molecular flexibility index (Phi) is 5.13. The van der Waals surface area contributed by atoms with Gasteiger partial charge in [-0.05, 0) is 44.4 Å². The Labute approximate surface area is 168 Å². The average molecular weight is 394 g/mol. The minimum atomic E-state index is -0.462. The monoisotopic (exact) mass is 394 g/mol. The molecule has 0 radical (unpaired) electrons. The molecule has 6 nitrogen and oxygen atoms in total. The summed E-state index contributed by atoms with van der Waals surface area (Å²) in [5, 5.41) is 2.93. The van der Waals surface area contributed by atoms with E-state index in [0.29, 0.717) is 30.3 Å². The number of carbonyl (C=O) groups excluding carboxylic acids is 1. The van der Waals surface area contributed by atoms with Crippen LogP contribution in [0.3, 0.4) is 0 Å². The van der Waals surface area contributed by atoms with Gasteiger partial charge in [-0.15, -0.1) is 0 Å². The first-order valence-electron chi connectivity index (χ1n) is 9.65. The summed E-state index contributed by atoms with van der Waals surface area (Å²) in [7, 11) is 0. The summed E-state index contributed by atoms with van der Waals surface area (Å²) in [5.41, 5.74) is 0.979. The fourth-order valence-corrected chi connectivity index (χ4v) is 3.98. The van der Waals surface area contributed by atoms with E-state index in [0.717, 1.165) is 5.69 Å². The van der Waals surface area contributed by atoms with Crippen molar-refractivity contribution in [3.05, 3.63) is 66.3 Å². The predicted molar refractivity (Wildman–Crippen MR) is 107 cm³/mol. The summed E-state index contributed by atoms with van der Waals surface area (Å²) in [6, 6.07) is 3.49. The lowest BCUT2D eigenvalue weighted by Crippen LogP contribution is -2.30. The van der Waals surface area contributed by atoms with Crippen molar-refractivity contribution in [1.82, 2.24) is 15.0 Å². The first-order valence-corrected chi connectivity index (χ1v) is 9.65. The van der Waals surface area contributed by atoms with Crippen LogP contribution in [-0.4, -0.2) is 27.5 Å². The van der Waals surface area contributed by atoms with E-state index in [1.165, 1.54) is 6.08 Å². The van der Waals surface area contributed by atoms with Crippen molar-refractivity contribution < 1.29 is 13.9 Å². The van der Waals surface area contributed by atoms with Crippen LogP contribution in [0, 0.1) is 31.1 Å². The van der Waals surface area contributed by atoms with Crippen LogP contribution in [0.15, 0.2) is 54.8 Å². The predicted octanol–water partition coefficient (Wildman–Crippen LogP) is 3.94. The van der Waals surface area contributed by atoms with Crippen LogP contribution in [0.25, 0.3) is 0 Å². The molecule has 1 amide bonds. The van der Waals surface area contributed by atoms with Crippen molar-refractivity contribution in [2.24, 2.45) is 17.3 Å². The van der Waals surface area contributed by atoms with Gasteiger partial charge in [0.05, 0.1) is 18.5 Å². The van der Waals surface area contributed by atoms with E-state index in [4.69, 9.17) is 4.74 Å². The van der Waals surface area contributed by atoms with Gasteiger partial charge < -0.3 is 10.1 Å². The molecule has 0 spiro atoms. The number of carbonyl (C=O) groups is 1. The number of hydrogen-bond donors (Lipinski definition) is 1. The highest BCUT2D eigenvalue weighted by atomic mass is 19.1. The van der Waals surface area contributed by atoms with Crippen LogP contribution in [0.1, 0.15) is 24.4 Å². The zero-order valence-corrected chi connectivity index (χ0v) is 16.4. The molecule has 29 heavy (non-hydrogen) atoms. The molecule has 1 fully saturated rings. The number of hydrogen-bond acceptors (Lipinski definition) is 5. The molecular weight excluding hydrogens is 371 g/mol. The summed E-state index contributed by atoms with van der Waals surface area (Å²) in [6.07, 6.45) is 11.0. The first kappa shape index (κ1) is 19.2. The van der Waals surface area contributed by atoms with Gasteiger partial charge in [0.2, 0.25) is 5.91 Å². The fraction of sp³-hybridized carbons (Fsp3) is 0.364. The van der Waals surface area contributed by atoms with Crippen molar-refractivity contribution in [3.8, 4) is 5.75 Å². The van der Waals surface area contributed by atoms with Crippen molar-refractivity contribution in [3.63, 3.8) is 0 Å². The SMILES string of the molecule is Cc1ncc(OC[C@@]2(C3C=CC=C(F)C3)C[C@H]2C(=O)Nc2ccncc2)c(C)n1. The van der Waals surface area contributed by atoms with E-state index in [1.54, 1.807) is 36.8 Å². The second-order valence-corrected chi connectivity index (χ2v) is 7.68. The van der Waals surface area contributed by atoms with Crippen LogP contribution in [0.4, 0.5) is 10.1 Å². The van der Waals surface area contributed by atoms with Crippen molar-refractivity contribution in [1.29, 1.82) is 0 Å². The molecule has 2 heterocycles. The van der Waals surface area contributed by atoms with Gasteiger partial charge in [-0.25, -0.2) is 14.4 Å². The van der Waals surface area contributed by atoms with Crippen LogP contribution in [0.5, 0.6) is 5.75 Å². The van der Waals surface area contributed by atoms with Gasteiger partial charge >= 0.3 is 0 Å². The van der Waals surface area contributed by atoms with E-state index in [1.807, 2.05) is 19.9 Å². The standard InChI is InChI=1S/C22H23FN4O2/c1-14-20(12-25-15(2)26-14)29-13-22(16-4-3-5-17(23)10-16)11-19(22)21(28)27-18-6-8-24-9-7-18/h3-9,12,16,19H,10-11,13H2,1-2H3,(H,24,27,28)/t16?,19-,22+/m0/s1. The maximum absolute atomic E-state index is 14.0. The van der Waals surface area contributed by atoms with Crippen LogP contribution < -0.4 is 10.1 Å². The van der Waals surface area contributed by atoms with Crippen molar-refractivity contribution in [2.75, 3.05) is 11.9 Å². The number of halogens is 1. The molecule has 4 rings (SSSR count). The molecule has 0 saturated heterocycles. The number of allylic oxidation sites excluding steroid dienone is 4. The highest BCUT2D eigenvalue weighted by molar-refractivity contribution is 5.95. The third-order valence-electron chi connectivity index (χ3n) is 5.71. The largest absolute Gasteiger partial charge is 0.489 e. The van der Waals surface area contributed by atoms with E-state index >= 15 is 0 Å². The molecule has 2 aromatic heterocycles. The Bertz CT molecular complexity index is 976. The van der Waals surface area contributed by atoms with E-state index < -0.39 is 5.41 Å². The van der Waals surface area contributed by atoms with Crippen LogP contribution >= 0.6 is 0 Å².